The molecule has 2 unspecified atom stereocenters. The third kappa shape index (κ3) is 6.53. The molecule has 0 radical (unpaired) electrons. The summed E-state index contributed by atoms with van der Waals surface area (Å²) < 4.78 is 60.7. The third-order valence-electron chi connectivity index (χ3n) is 7.42. The lowest BCUT2D eigenvalue weighted by Crippen LogP contribution is -2.37. The molecule has 2 saturated heterocycles. The highest BCUT2D eigenvalue weighted by Crippen LogP contribution is 2.50. The van der Waals surface area contributed by atoms with Gasteiger partial charge in [0.25, 0.3) is 5.56 Å². The van der Waals surface area contributed by atoms with Crippen LogP contribution in [0.4, 0.5) is 11.8 Å². The molecule has 25 heteroatoms. The number of H-pyrrole nitrogens is 1. The maximum Gasteiger partial charge on any atom is 0.472 e. The average molecular weight is 704 g/mol. The molecule has 47 heavy (non-hydrogen) atoms. The summed E-state index contributed by atoms with van der Waals surface area (Å²) in [4.78, 5) is 55.0. The first-order chi connectivity index (χ1) is 22.2. The SMILES string of the molecule is CO[C@@H]1[C@H](OP(=O)(O)OC[C@H]2O[C@@H](n3cnc4c(=O)[nH]c(N)nc43)[C@H](O)[C@@H]2O)[C@@H](COP(C)(=O)O)O[C@H]1n1cnc2c(N)ncnc21. The van der Waals surface area contributed by atoms with Crippen LogP contribution in [0.15, 0.2) is 23.8 Å². The van der Waals surface area contributed by atoms with Crippen LogP contribution in [0.1, 0.15) is 12.5 Å². The fraction of sp³-hybridized carbons (Fsp3) is 0.545. The standard InChI is InChI=1S/C22H30N10O13P2/c1-40-15-14(9(4-41-46(2,36)37)44-21(15)31-6-27-10-16(23)25-5-26-17(10)31)45-47(38,39)42-3-8-12(33)13(34)20(43-8)32-7-28-11-18(32)29-22(24)30-19(11)35/h5-9,12-15,20-21,33-34H,3-4H2,1-2H3,(H,36,37)(H,38,39)(H2,23,25,26)(H3,24,29,30,35)/t8-,9-,12-,13-,14-,15-,20-,21-/m1/s1. The molecule has 23 nitrogen and oxygen atoms in total. The van der Waals surface area contributed by atoms with E-state index in [9.17, 15) is 33.9 Å². The van der Waals surface area contributed by atoms with E-state index in [-0.39, 0.29) is 34.1 Å². The van der Waals surface area contributed by atoms with E-state index in [1.807, 2.05) is 0 Å². The molecule has 0 bridgehead atoms. The van der Waals surface area contributed by atoms with Crippen molar-refractivity contribution in [1.82, 2.24) is 39.0 Å². The van der Waals surface area contributed by atoms with Crippen molar-refractivity contribution in [3.63, 3.8) is 0 Å². The Kier molecular flexibility index (Phi) is 8.93. The van der Waals surface area contributed by atoms with Crippen molar-refractivity contribution < 1.29 is 56.9 Å². The fourth-order valence-corrected chi connectivity index (χ4v) is 6.67. The number of nitrogens with two attached hydrogens (primary N) is 2. The van der Waals surface area contributed by atoms with Crippen LogP contribution >= 0.6 is 15.4 Å². The van der Waals surface area contributed by atoms with Crippen LogP contribution in [0.5, 0.6) is 0 Å². The van der Waals surface area contributed by atoms with E-state index in [4.69, 9.17) is 39.2 Å². The number of methoxy groups -OCH3 is 1. The van der Waals surface area contributed by atoms with Crippen LogP contribution in [0.3, 0.4) is 0 Å². The van der Waals surface area contributed by atoms with Gasteiger partial charge in [-0.1, -0.05) is 0 Å². The molecular formula is C22H30N10O13P2. The third-order valence-corrected chi connectivity index (χ3v) is 9.03. The van der Waals surface area contributed by atoms with Crippen LogP contribution in [-0.4, -0.2) is 123 Å². The zero-order chi connectivity index (χ0) is 33.8. The smallest absolute Gasteiger partial charge is 0.387 e. The van der Waals surface area contributed by atoms with Gasteiger partial charge in [-0.05, 0) is 0 Å². The van der Waals surface area contributed by atoms with Gasteiger partial charge in [-0.15, -0.1) is 0 Å². The first-order valence-corrected chi connectivity index (χ1v) is 17.1. The Morgan fingerprint density at radius 1 is 0.915 bits per heavy atom. The number of nitrogens with one attached hydrogen (secondary N) is 1. The fourth-order valence-electron chi connectivity index (χ4n) is 5.29. The summed E-state index contributed by atoms with van der Waals surface area (Å²) in [6, 6.07) is 0. The Morgan fingerprint density at radius 3 is 2.28 bits per heavy atom. The van der Waals surface area contributed by atoms with E-state index in [0.29, 0.717) is 0 Å². The van der Waals surface area contributed by atoms with Gasteiger partial charge in [0.05, 0.1) is 25.9 Å². The molecule has 0 aromatic carbocycles. The summed E-state index contributed by atoms with van der Waals surface area (Å²) in [5.74, 6) is -0.154. The number of aliphatic hydroxyl groups excluding tert-OH is 2. The number of phosphoric acid groups is 1. The molecular weight excluding hydrogens is 674 g/mol. The van der Waals surface area contributed by atoms with E-state index >= 15 is 0 Å². The highest BCUT2D eigenvalue weighted by atomic mass is 31.2. The van der Waals surface area contributed by atoms with Gasteiger partial charge in [-0.2, -0.15) is 4.98 Å². The molecule has 4 aromatic rings. The molecule has 0 aliphatic carbocycles. The largest absolute Gasteiger partial charge is 0.472 e. The number of aliphatic hydroxyl groups is 2. The molecule has 2 fully saturated rings. The van der Waals surface area contributed by atoms with Gasteiger partial charge in [0.1, 0.15) is 48.5 Å². The van der Waals surface area contributed by atoms with Crippen molar-refractivity contribution in [2.24, 2.45) is 0 Å². The molecule has 256 valence electrons. The first-order valence-electron chi connectivity index (χ1n) is 13.6. The van der Waals surface area contributed by atoms with Crippen LogP contribution in [-0.2, 0) is 36.9 Å². The number of fused-ring (bicyclic) bond motifs is 2. The highest BCUT2D eigenvalue weighted by Gasteiger charge is 2.52. The summed E-state index contributed by atoms with van der Waals surface area (Å²) in [5.41, 5.74) is 11.2. The van der Waals surface area contributed by atoms with Crippen LogP contribution in [0, 0.1) is 0 Å². The van der Waals surface area contributed by atoms with E-state index in [1.54, 1.807) is 0 Å². The molecule has 0 amide bonds. The average Bonchev–Trinajstić information content (AvgIpc) is 3.75. The Bertz CT molecular complexity index is 1930. The monoisotopic (exact) mass is 704 g/mol. The summed E-state index contributed by atoms with van der Waals surface area (Å²) in [6.45, 7) is -0.408. The van der Waals surface area contributed by atoms with Gasteiger partial charge >= 0.3 is 15.4 Å². The van der Waals surface area contributed by atoms with Crippen LogP contribution in [0.2, 0.25) is 0 Å². The van der Waals surface area contributed by atoms with E-state index in [1.165, 1.54) is 28.9 Å². The Hall–Kier alpha value is -3.44. The molecule has 10 atom stereocenters. The Morgan fingerprint density at radius 2 is 1.57 bits per heavy atom. The summed E-state index contributed by atoms with van der Waals surface area (Å²) >= 11 is 0. The second kappa shape index (κ2) is 12.5. The normalized spacial score (nSPS) is 30.6. The van der Waals surface area contributed by atoms with Crippen molar-refractivity contribution >= 4 is 49.5 Å². The topological polar surface area (TPSA) is 330 Å². The molecule has 2 aliphatic rings. The molecule has 2 aliphatic heterocycles. The van der Waals surface area contributed by atoms with Crippen molar-refractivity contribution in [3.8, 4) is 0 Å². The quantitative estimate of drug-likeness (QED) is 0.0829. The predicted octanol–water partition coefficient (Wildman–Crippen LogP) is -2.01. The Labute approximate surface area is 262 Å². The van der Waals surface area contributed by atoms with Crippen LogP contribution < -0.4 is 17.0 Å². The number of ether oxygens (including phenoxy) is 3. The van der Waals surface area contributed by atoms with Crippen molar-refractivity contribution in [2.45, 2.75) is 49.1 Å². The number of aromatic amines is 1. The summed E-state index contributed by atoms with van der Waals surface area (Å²) in [7, 11) is -7.84. The lowest BCUT2D eigenvalue weighted by Gasteiger charge is -2.26. The molecule has 6 heterocycles. The Balaban J connectivity index is 1.20. The van der Waals surface area contributed by atoms with Gasteiger partial charge in [0.2, 0.25) is 5.95 Å². The second-order valence-electron chi connectivity index (χ2n) is 10.6. The van der Waals surface area contributed by atoms with Gasteiger partial charge in [0.15, 0.2) is 35.1 Å². The van der Waals surface area contributed by atoms with Gasteiger partial charge in [-0.25, -0.2) is 24.5 Å². The van der Waals surface area contributed by atoms with Crippen molar-refractivity contribution in [3.05, 3.63) is 29.3 Å². The van der Waals surface area contributed by atoms with Crippen molar-refractivity contribution in [1.29, 1.82) is 0 Å². The number of anilines is 2. The predicted molar refractivity (Wildman–Crippen MR) is 155 cm³/mol. The van der Waals surface area contributed by atoms with Gasteiger partial charge in [0, 0.05) is 13.8 Å². The van der Waals surface area contributed by atoms with Gasteiger partial charge < -0.3 is 50.2 Å². The second-order valence-corrected chi connectivity index (χ2v) is 13.9. The maximum absolute atomic E-state index is 13.3. The zero-order valence-electron chi connectivity index (χ0n) is 24.4. The van der Waals surface area contributed by atoms with E-state index < -0.39 is 83.3 Å². The molecule has 6 rings (SSSR count). The summed E-state index contributed by atoms with van der Waals surface area (Å²) in [6.07, 6.45) is -7.35. The number of hydrogen-bond donors (Lipinski definition) is 7. The number of nitrogens with zero attached hydrogens (tertiary/aromatic N) is 7. The van der Waals surface area contributed by atoms with E-state index in [2.05, 4.69) is 29.9 Å². The lowest BCUT2D eigenvalue weighted by atomic mass is 10.1. The van der Waals surface area contributed by atoms with Crippen molar-refractivity contribution in [2.75, 3.05) is 38.5 Å². The number of aromatic nitrogens is 8. The molecule has 0 saturated carbocycles. The minimum atomic E-state index is -5.07. The molecule has 0 spiro atoms. The number of nitrogen functional groups attached to an aromatic ring is 2. The van der Waals surface area contributed by atoms with Gasteiger partial charge in [-0.3, -0.25) is 32.5 Å². The number of rotatable bonds is 11. The van der Waals surface area contributed by atoms with Crippen LogP contribution in [0.25, 0.3) is 22.3 Å². The highest BCUT2D eigenvalue weighted by molar-refractivity contribution is 7.51. The minimum Gasteiger partial charge on any atom is -0.387 e. The first kappa shape index (κ1) is 33.5. The molecule has 4 aromatic heterocycles. The number of imidazole rings is 2. The van der Waals surface area contributed by atoms with E-state index in [0.717, 1.165) is 13.0 Å². The number of phosphoric ester groups is 1. The molecule has 9 N–H and O–H groups in total. The summed E-state index contributed by atoms with van der Waals surface area (Å²) in [5, 5.41) is 21.3. The maximum atomic E-state index is 13.3. The minimum absolute atomic E-state index is 0.0470. The zero-order valence-corrected chi connectivity index (χ0v) is 26.2. The lowest BCUT2D eigenvalue weighted by molar-refractivity contribution is -0.0580. The number of hydrogen-bond acceptors (Lipinski definition) is 18.